The second-order valence-corrected chi connectivity index (χ2v) is 8.19. The van der Waals surface area contributed by atoms with Crippen molar-refractivity contribution in [1.82, 2.24) is 0 Å². The Morgan fingerprint density at radius 3 is 2.17 bits per heavy atom. The molecule has 1 heterocycles. The molecule has 0 atom stereocenters. The zero-order chi connectivity index (χ0) is 25.8. The lowest BCUT2D eigenvalue weighted by atomic mass is 10.2. The minimum Gasteiger partial charge on any atom is -0.462 e. The van der Waals surface area contributed by atoms with E-state index in [0.717, 1.165) is 10.5 Å². The molecule has 1 aliphatic heterocycles. The Balaban J connectivity index is 1.45. The van der Waals surface area contributed by atoms with E-state index >= 15 is 0 Å². The molecule has 0 spiro atoms. The van der Waals surface area contributed by atoms with Crippen molar-refractivity contribution in [2.24, 2.45) is 0 Å². The van der Waals surface area contributed by atoms with Gasteiger partial charge in [-0.15, -0.1) is 0 Å². The molecule has 4 rings (SSSR count). The van der Waals surface area contributed by atoms with Crippen LogP contribution in [0.4, 0.5) is 11.4 Å². The van der Waals surface area contributed by atoms with Gasteiger partial charge in [0.05, 0.1) is 23.4 Å². The van der Waals surface area contributed by atoms with Crippen LogP contribution in [0.15, 0.2) is 83.5 Å². The minimum atomic E-state index is -0.702. The topological polar surface area (TPSA) is 102 Å². The highest BCUT2D eigenvalue weighted by atomic mass is 35.5. The minimum absolute atomic E-state index is 0.105. The first-order valence-corrected chi connectivity index (χ1v) is 11.4. The number of nitrogens with one attached hydrogen (secondary N) is 1. The summed E-state index contributed by atoms with van der Waals surface area (Å²) < 4.78 is 10.3. The molecule has 0 saturated heterocycles. The molecule has 9 heteroatoms. The van der Waals surface area contributed by atoms with E-state index in [1.165, 1.54) is 36.4 Å². The number of imide groups is 1. The number of esters is 2. The molecule has 8 nitrogen and oxygen atoms in total. The number of anilines is 2. The lowest BCUT2D eigenvalue weighted by molar-refractivity contribution is -0.120. The molecule has 2 amide bonds. The number of rotatable bonds is 7. The Morgan fingerprint density at radius 1 is 0.889 bits per heavy atom. The van der Waals surface area contributed by atoms with Crippen LogP contribution in [-0.2, 0) is 14.3 Å². The normalized spacial score (nSPS) is 13.1. The van der Waals surface area contributed by atoms with Gasteiger partial charge in [0.1, 0.15) is 16.5 Å². The van der Waals surface area contributed by atoms with Gasteiger partial charge in [-0.3, -0.25) is 9.59 Å². The Labute approximate surface area is 212 Å². The fourth-order valence-corrected chi connectivity index (χ4v) is 3.70. The summed E-state index contributed by atoms with van der Waals surface area (Å²) >= 11 is 6.18. The number of ether oxygens (including phenoxy) is 2. The Morgan fingerprint density at radius 2 is 1.53 bits per heavy atom. The average Bonchev–Trinajstić information content (AvgIpc) is 3.07. The van der Waals surface area contributed by atoms with Crippen LogP contribution in [0.2, 0.25) is 0 Å². The van der Waals surface area contributed by atoms with E-state index in [1.54, 1.807) is 37.3 Å². The number of carbonyl (C=O) groups is 4. The Hall–Kier alpha value is -4.43. The quantitative estimate of drug-likeness (QED) is 0.279. The fourth-order valence-electron chi connectivity index (χ4n) is 3.49. The molecule has 0 unspecified atom stereocenters. The Bertz CT molecular complexity index is 1380. The van der Waals surface area contributed by atoms with Gasteiger partial charge in [-0.2, -0.15) is 0 Å². The van der Waals surface area contributed by atoms with Crippen molar-refractivity contribution in [1.29, 1.82) is 0 Å². The van der Waals surface area contributed by atoms with Gasteiger partial charge in [0.25, 0.3) is 11.8 Å². The first-order valence-electron chi connectivity index (χ1n) is 11.0. The SMILES string of the molecule is CCOC(=O)c1ccc(N2C(=O)C(Cl)=C(Nc3ccc(C(=O)Oc4cccc(C)c4)cc3)C2=O)cc1. The molecule has 0 saturated carbocycles. The second kappa shape index (κ2) is 10.5. The average molecular weight is 505 g/mol. The first kappa shape index (κ1) is 24.7. The van der Waals surface area contributed by atoms with E-state index in [9.17, 15) is 19.2 Å². The number of carbonyl (C=O) groups excluding carboxylic acids is 4. The van der Waals surface area contributed by atoms with Gasteiger partial charge >= 0.3 is 11.9 Å². The molecule has 182 valence electrons. The van der Waals surface area contributed by atoms with Crippen LogP contribution in [0.5, 0.6) is 5.75 Å². The molecule has 0 bridgehead atoms. The third-order valence-electron chi connectivity index (χ3n) is 5.25. The van der Waals surface area contributed by atoms with Crippen LogP contribution in [0.25, 0.3) is 0 Å². The highest BCUT2D eigenvalue weighted by Gasteiger charge is 2.39. The number of hydrogen-bond acceptors (Lipinski definition) is 7. The summed E-state index contributed by atoms with van der Waals surface area (Å²) in [6.07, 6.45) is 0. The lowest BCUT2D eigenvalue weighted by Gasteiger charge is -2.15. The maximum absolute atomic E-state index is 13.0. The number of hydrogen-bond donors (Lipinski definition) is 1. The van der Waals surface area contributed by atoms with Crippen molar-refractivity contribution in [3.63, 3.8) is 0 Å². The van der Waals surface area contributed by atoms with Crippen LogP contribution in [0.1, 0.15) is 33.2 Å². The van der Waals surface area contributed by atoms with Gasteiger partial charge in [0.15, 0.2) is 0 Å². The monoisotopic (exact) mass is 504 g/mol. The van der Waals surface area contributed by atoms with E-state index in [0.29, 0.717) is 17.0 Å². The number of benzene rings is 3. The predicted molar refractivity (Wildman–Crippen MR) is 134 cm³/mol. The molecule has 0 fully saturated rings. The number of nitrogens with zero attached hydrogens (tertiary/aromatic N) is 1. The smallest absolute Gasteiger partial charge is 0.343 e. The lowest BCUT2D eigenvalue weighted by Crippen LogP contribution is -2.32. The molecule has 1 N–H and O–H groups in total. The fraction of sp³-hybridized carbons (Fsp3) is 0.111. The Kier molecular flexibility index (Phi) is 7.17. The standard InChI is InChI=1S/C27H21ClN2O6/c1-3-35-26(33)17-9-13-20(14-10-17)30-24(31)22(28)23(25(30)32)29-19-11-7-18(8-12-19)27(34)36-21-6-4-5-16(2)15-21/h4-15,29H,3H2,1-2H3. The van der Waals surface area contributed by atoms with E-state index < -0.39 is 23.8 Å². The first-order chi connectivity index (χ1) is 17.3. The van der Waals surface area contributed by atoms with Gasteiger partial charge in [-0.25, -0.2) is 14.5 Å². The molecule has 1 aliphatic rings. The van der Waals surface area contributed by atoms with Crippen molar-refractivity contribution >= 4 is 46.7 Å². The highest BCUT2D eigenvalue weighted by Crippen LogP contribution is 2.30. The summed E-state index contributed by atoms with van der Waals surface area (Å²) in [6.45, 7) is 3.82. The third kappa shape index (κ3) is 5.13. The van der Waals surface area contributed by atoms with Crippen LogP contribution in [-0.4, -0.2) is 30.4 Å². The maximum atomic E-state index is 13.0. The van der Waals surface area contributed by atoms with Crippen LogP contribution in [0.3, 0.4) is 0 Å². The summed E-state index contributed by atoms with van der Waals surface area (Å²) in [5.74, 6) is -1.96. The third-order valence-corrected chi connectivity index (χ3v) is 5.60. The molecular formula is C27H21ClN2O6. The summed E-state index contributed by atoms with van der Waals surface area (Å²) in [4.78, 5) is 50.9. The zero-order valence-corrected chi connectivity index (χ0v) is 20.2. The van der Waals surface area contributed by atoms with Crippen molar-refractivity contribution in [2.45, 2.75) is 13.8 Å². The largest absolute Gasteiger partial charge is 0.462 e. The van der Waals surface area contributed by atoms with Crippen LogP contribution in [0, 0.1) is 6.92 Å². The van der Waals surface area contributed by atoms with Crippen molar-refractivity contribution < 1.29 is 28.7 Å². The molecule has 0 radical (unpaired) electrons. The second-order valence-electron chi connectivity index (χ2n) is 7.81. The highest BCUT2D eigenvalue weighted by molar-refractivity contribution is 6.53. The predicted octanol–water partition coefficient (Wildman–Crippen LogP) is 4.83. The van der Waals surface area contributed by atoms with E-state index in [-0.39, 0.29) is 28.6 Å². The molecular weight excluding hydrogens is 484 g/mol. The van der Waals surface area contributed by atoms with Gasteiger partial charge in [0.2, 0.25) is 0 Å². The number of halogens is 1. The summed E-state index contributed by atoms with van der Waals surface area (Å²) in [5, 5.41) is 2.57. The van der Waals surface area contributed by atoms with E-state index in [4.69, 9.17) is 21.1 Å². The van der Waals surface area contributed by atoms with Crippen LogP contribution >= 0.6 is 11.6 Å². The van der Waals surface area contributed by atoms with Gasteiger partial charge in [0, 0.05) is 5.69 Å². The number of amides is 2. The molecule has 3 aromatic rings. The summed E-state index contributed by atoms with van der Waals surface area (Å²) in [7, 11) is 0. The molecule has 36 heavy (non-hydrogen) atoms. The van der Waals surface area contributed by atoms with Crippen molar-refractivity contribution in [3.8, 4) is 5.75 Å². The van der Waals surface area contributed by atoms with E-state index in [1.807, 2.05) is 13.0 Å². The van der Waals surface area contributed by atoms with Crippen molar-refractivity contribution in [2.75, 3.05) is 16.8 Å². The maximum Gasteiger partial charge on any atom is 0.343 e. The van der Waals surface area contributed by atoms with Crippen LogP contribution < -0.4 is 15.0 Å². The van der Waals surface area contributed by atoms with E-state index in [2.05, 4.69) is 5.32 Å². The van der Waals surface area contributed by atoms with Crippen molar-refractivity contribution in [3.05, 3.63) is 100 Å². The van der Waals surface area contributed by atoms with Gasteiger partial charge in [-0.1, -0.05) is 23.7 Å². The zero-order valence-electron chi connectivity index (χ0n) is 19.4. The van der Waals surface area contributed by atoms with Gasteiger partial charge < -0.3 is 14.8 Å². The molecule has 0 aliphatic carbocycles. The van der Waals surface area contributed by atoms with Gasteiger partial charge in [-0.05, 0) is 80.1 Å². The summed E-state index contributed by atoms with van der Waals surface area (Å²) in [5.41, 5.74) is 2.14. The molecule has 3 aromatic carbocycles. The number of aryl methyl sites for hydroxylation is 1. The molecule has 0 aromatic heterocycles. The summed E-state index contributed by atoms with van der Waals surface area (Å²) in [6, 6.07) is 19.2.